The molecular weight excluding hydrogens is 242 g/mol. The molecule has 0 aromatic carbocycles. The second-order valence-electron chi connectivity index (χ2n) is 5.79. The number of nitrogens with zero attached hydrogens (tertiary/aromatic N) is 2. The molecule has 2 atom stereocenters. The molecule has 1 aromatic heterocycles. The topological polar surface area (TPSA) is 69.2 Å². The van der Waals surface area contributed by atoms with E-state index >= 15 is 0 Å². The largest absolute Gasteiger partial charge is 0.391 e. The molecule has 1 aromatic rings. The number of likely N-dealkylation sites (N-methyl/N-ethyl adjacent to an activating group) is 1. The minimum Gasteiger partial charge on any atom is -0.391 e. The molecule has 2 unspecified atom stereocenters. The van der Waals surface area contributed by atoms with Crippen molar-refractivity contribution in [3.05, 3.63) is 22.2 Å². The van der Waals surface area contributed by atoms with Gasteiger partial charge >= 0.3 is 0 Å². The first kappa shape index (κ1) is 12.7. The Bertz CT molecular complexity index is 510. The van der Waals surface area contributed by atoms with Crippen LogP contribution in [0.4, 0.5) is 5.82 Å². The molecule has 2 aliphatic carbocycles. The highest BCUT2D eigenvalue weighted by Gasteiger charge is 2.30. The van der Waals surface area contributed by atoms with Gasteiger partial charge in [-0.25, -0.2) is 4.98 Å². The second kappa shape index (κ2) is 4.96. The van der Waals surface area contributed by atoms with E-state index < -0.39 is 0 Å². The van der Waals surface area contributed by atoms with E-state index in [2.05, 4.69) is 9.97 Å². The number of rotatable bonds is 3. The fourth-order valence-electron chi connectivity index (χ4n) is 2.91. The number of aliphatic hydroxyl groups is 1. The van der Waals surface area contributed by atoms with Crippen LogP contribution in [-0.2, 0) is 0 Å². The third kappa shape index (κ3) is 2.66. The van der Waals surface area contributed by atoms with Crippen molar-refractivity contribution in [2.45, 2.75) is 56.6 Å². The summed E-state index contributed by atoms with van der Waals surface area (Å²) in [6.45, 7) is 0. The maximum atomic E-state index is 11.7. The van der Waals surface area contributed by atoms with Crippen LogP contribution in [-0.4, -0.2) is 34.3 Å². The van der Waals surface area contributed by atoms with Crippen LogP contribution in [0.2, 0.25) is 0 Å². The van der Waals surface area contributed by atoms with Gasteiger partial charge in [-0.15, -0.1) is 0 Å². The van der Waals surface area contributed by atoms with Crippen molar-refractivity contribution in [3.8, 4) is 0 Å². The summed E-state index contributed by atoms with van der Waals surface area (Å²) in [4.78, 5) is 21.1. The minimum absolute atomic E-state index is 0.0788. The highest BCUT2D eigenvalue weighted by molar-refractivity contribution is 5.39. The maximum absolute atomic E-state index is 11.7. The molecule has 0 aliphatic heterocycles. The van der Waals surface area contributed by atoms with Gasteiger partial charge in [-0.1, -0.05) is 12.8 Å². The van der Waals surface area contributed by atoms with Gasteiger partial charge in [0.2, 0.25) is 0 Å². The van der Waals surface area contributed by atoms with Crippen LogP contribution in [0, 0.1) is 0 Å². The highest BCUT2D eigenvalue weighted by atomic mass is 16.3. The van der Waals surface area contributed by atoms with Crippen LogP contribution in [0.3, 0.4) is 0 Å². The lowest BCUT2D eigenvalue weighted by atomic mass is 9.91. The molecule has 2 saturated carbocycles. The molecule has 0 spiro atoms. The molecule has 3 rings (SSSR count). The Labute approximate surface area is 112 Å². The van der Waals surface area contributed by atoms with Crippen LogP contribution in [0.15, 0.2) is 10.9 Å². The third-order valence-corrected chi connectivity index (χ3v) is 4.26. The molecule has 0 radical (unpaired) electrons. The fraction of sp³-hybridized carbons (Fsp3) is 0.714. The van der Waals surface area contributed by atoms with E-state index in [9.17, 15) is 9.90 Å². The van der Waals surface area contributed by atoms with Crippen molar-refractivity contribution < 1.29 is 5.11 Å². The summed E-state index contributed by atoms with van der Waals surface area (Å²) in [6, 6.07) is 1.61. The SMILES string of the molecule is CN(c1cc(=O)[nH]c(C2CC2)n1)C1CCCCC1O. The molecule has 19 heavy (non-hydrogen) atoms. The lowest BCUT2D eigenvalue weighted by Gasteiger charge is -2.35. The number of nitrogens with one attached hydrogen (secondary N) is 1. The van der Waals surface area contributed by atoms with Crippen molar-refractivity contribution >= 4 is 5.82 Å². The van der Waals surface area contributed by atoms with E-state index in [0.29, 0.717) is 11.7 Å². The molecule has 2 fully saturated rings. The summed E-state index contributed by atoms with van der Waals surface area (Å²) in [5.74, 6) is 1.92. The van der Waals surface area contributed by atoms with Crippen LogP contribution in [0.5, 0.6) is 0 Å². The molecule has 104 valence electrons. The van der Waals surface area contributed by atoms with Crippen LogP contribution in [0.25, 0.3) is 0 Å². The monoisotopic (exact) mass is 263 g/mol. The van der Waals surface area contributed by atoms with E-state index in [-0.39, 0.29) is 17.7 Å². The van der Waals surface area contributed by atoms with Gasteiger partial charge in [-0.2, -0.15) is 0 Å². The number of aliphatic hydroxyl groups excluding tert-OH is 1. The van der Waals surface area contributed by atoms with Gasteiger partial charge in [-0.3, -0.25) is 4.79 Å². The van der Waals surface area contributed by atoms with Gasteiger partial charge in [0.1, 0.15) is 11.6 Å². The Balaban J connectivity index is 1.85. The van der Waals surface area contributed by atoms with Crippen molar-refractivity contribution in [1.82, 2.24) is 9.97 Å². The predicted molar refractivity (Wildman–Crippen MR) is 73.5 cm³/mol. The maximum Gasteiger partial charge on any atom is 0.252 e. The molecule has 0 amide bonds. The summed E-state index contributed by atoms with van der Waals surface area (Å²) >= 11 is 0. The molecular formula is C14H21N3O2. The molecule has 2 N–H and O–H groups in total. The zero-order valence-electron chi connectivity index (χ0n) is 11.3. The number of aromatic amines is 1. The molecule has 2 aliphatic rings. The summed E-state index contributed by atoms with van der Waals surface area (Å²) in [6.07, 6.45) is 5.93. The zero-order chi connectivity index (χ0) is 13.4. The van der Waals surface area contributed by atoms with Crippen molar-refractivity contribution in [2.24, 2.45) is 0 Å². The van der Waals surface area contributed by atoms with E-state index in [1.54, 1.807) is 0 Å². The van der Waals surface area contributed by atoms with Gasteiger partial charge in [0.25, 0.3) is 5.56 Å². The number of aromatic nitrogens is 2. The van der Waals surface area contributed by atoms with E-state index in [0.717, 1.165) is 44.3 Å². The summed E-state index contributed by atoms with van der Waals surface area (Å²) in [5.41, 5.74) is -0.0935. The lowest BCUT2D eigenvalue weighted by Crippen LogP contribution is -2.44. The van der Waals surface area contributed by atoms with Gasteiger partial charge in [0.15, 0.2) is 0 Å². The Morgan fingerprint density at radius 1 is 1.32 bits per heavy atom. The first-order valence-electron chi connectivity index (χ1n) is 7.17. The lowest BCUT2D eigenvalue weighted by molar-refractivity contribution is 0.106. The van der Waals surface area contributed by atoms with Crippen molar-refractivity contribution in [2.75, 3.05) is 11.9 Å². The average molecular weight is 263 g/mol. The Kier molecular flexibility index (Phi) is 3.31. The summed E-state index contributed by atoms with van der Waals surface area (Å²) in [7, 11) is 1.93. The van der Waals surface area contributed by atoms with Gasteiger partial charge in [-0.05, 0) is 25.7 Å². The van der Waals surface area contributed by atoms with Gasteiger partial charge in [0.05, 0.1) is 12.1 Å². The Morgan fingerprint density at radius 3 is 2.74 bits per heavy atom. The number of hydrogen-bond donors (Lipinski definition) is 2. The second-order valence-corrected chi connectivity index (χ2v) is 5.79. The Morgan fingerprint density at radius 2 is 2.05 bits per heavy atom. The number of hydrogen-bond acceptors (Lipinski definition) is 4. The average Bonchev–Trinajstić information content (AvgIpc) is 3.22. The Hall–Kier alpha value is -1.36. The quantitative estimate of drug-likeness (QED) is 0.864. The van der Waals surface area contributed by atoms with Crippen LogP contribution >= 0.6 is 0 Å². The molecule has 0 bridgehead atoms. The zero-order valence-corrected chi connectivity index (χ0v) is 11.3. The van der Waals surface area contributed by atoms with Crippen molar-refractivity contribution in [1.29, 1.82) is 0 Å². The predicted octanol–water partition coefficient (Wildman–Crippen LogP) is 1.39. The third-order valence-electron chi connectivity index (χ3n) is 4.26. The standard InChI is InChI=1S/C14H21N3O2/c1-17(10-4-2-3-5-11(10)18)12-8-13(19)16-14(15-12)9-6-7-9/h8-11,18H,2-7H2,1H3,(H,15,16,19). The number of H-pyrrole nitrogens is 1. The first-order valence-corrected chi connectivity index (χ1v) is 7.17. The van der Waals surface area contributed by atoms with E-state index in [1.165, 1.54) is 6.07 Å². The minimum atomic E-state index is -0.316. The smallest absolute Gasteiger partial charge is 0.252 e. The van der Waals surface area contributed by atoms with Crippen molar-refractivity contribution in [3.63, 3.8) is 0 Å². The van der Waals surface area contributed by atoms with E-state index in [1.807, 2.05) is 11.9 Å². The summed E-state index contributed by atoms with van der Waals surface area (Å²) in [5, 5.41) is 10.1. The first-order chi connectivity index (χ1) is 9.15. The summed E-state index contributed by atoms with van der Waals surface area (Å²) < 4.78 is 0. The van der Waals surface area contributed by atoms with Crippen LogP contribution < -0.4 is 10.5 Å². The van der Waals surface area contributed by atoms with E-state index in [4.69, 9.17) is 0 Å². The highest BCUT2D eigenvalue weighted by Crippen LogP contribution is 2.38. The normalized spacial score (nSPS) is 27.3. The van der Waals surface area contributed by atoms with Gasteiger partial charge in [0, 0.05) is 19.0 Å². The number of anilines is 1. The van der Waals surface area contributed by atoms with Crippen LogP contribution in [0.1, 0.15) is 50.3 Å². The van der Waals surface area contributed by atoms with Gasteiger partial charge < -0.3 is 15.0 Å². The molecule has 5 nitrogen and oxygen atoms in total. The fourth-order valence-corrected chi connectivity index (χ4v) is 2.91. The molecule has 0 saturated heterocycles. The molecule has 1 heterocycles. The molecule has 5 heteroatoms.